The average Bonchev–Trinajstić information content (AvgIpc) is 3.74. The molecule has 0 amide bonds. The van der Waals surface area contributed by atoms with E-state index < -0.39 is 11.7 Å². The molecule has 0 atom stereocenters. The van der Waals surface area contributed by atoms with Crippen molar-refractivity contribution >= 4 is 44.9 Å². The minimum atomic E-state index is -4.41. The zero-order valence-electron chi connectivity index (χ0n) is 29.5. The summed E-state index contributed by atoms with van der Waals surface area (Å²) in [4.78, 5) is 14.7. The molecule has 0 aliphatic rings. The first-order chi connectivity index (χ1) is 26.8. The average molecular weight is 725 g/mol. The third-order valence-electron chi connectivity index (χ3n) is 9.64. The molecule has 0 spiro atoms. The Hall–Kier alpha value is -7.06. The van der Waals surface area contributed by atoms with Gasteiger partial charge in [-0.15, -0.1) is 0 Å². The van der Waals surface area contributed by atoms with Crippen molar-refractivity contribution < 1.29 is 17.6 Å². The molecule has 0 saturated heterocycles. The second kappa shape index (κ2) is 13.7. The minimum Gasteiger partial charge on any atom is -0.456 e. The van der Waals surface area contributed by atoms with E-state index in [0.29, 0.717) is 34.2 Å². The van der Waals surface area contributed by atoms with E-state index in [2.05, 4.69) is 12.1 Å². The molecule has 6 aromatic carbocycles. The summed E-state index contributed by atoms with van der Waals surface area (Å²) in [6, 6.07) is 45.3. The lowest BCUT2D eigenvalue weighted by atomic mass is 10.0. The van der Waals surface area contributed by atoms with E-state index in [-0.39, 0.29) is 0 Å². The summed E-state index contributed by atoms with van der Waals surface area (Å²) in [6.07, 6.45) is 3.36. The van der Waals surface area contributed by atoms with Gasteiger partial charge in [0.15, 0.2) is 17.5 Å². The Balaban J connectivity index is 1.21. The number of furan rings is 1. The number of para-hydroxylation sites is 1. The molecule has 3 heterocycles. The summed E-state index contributed by atoms with van der Waals surface area (Å²) < 4.78 is 48.6. The van der Waals surface area contributed by atoms with Gasteiger partial charge in [-0.05, 0) is 84.8 Å². The Labute approximate surface area is 313 Å². The molecule has 9 rings (SSSR count). The first kappa shape index (κ1) is 33.8. The number of benzene rings is 6. The molecule has 0 saturated carbocycles. The van der Waals surface area contributed by atoms with Crippen LogP contribution in [0.5, 0.6) is 0 Å². The fraction of sp³-hybridized carbons (Fsp3) is 0.0426. The second-order valence-corrected chi connectivity index (χ2v) is 13.1. The van der Waals surface area contributed by atoms with E-state index in [9.17, 15) is 13.2 Å². The first-order valence-electron chi connectivity index (χ1n) is 17.8. The lowest BCUT2D eigenvalue weighted by molar-refractivity contribution is -0.137. The molecule has 0 aliphatic heterocycles. The lowest BCUT2D eigenvalue weighted by Gasteiger charge is -2.11. The van der Waals surface area contributed by atoms with Crippen LogP contribution in [0.4, 0.5) is 13.2 Å². The van der Waals surface area contributed by atoms with Crippen molar-refractivity contribution in [3.63, 3.8) is 0 Å². The van der Waals surface area contributed by atoms with E-state index in [1.54, 1.807) is 0 Å². The summed E-state index contributed by atoms with van der Waals surface area (Å²) in [7, 11) is 0. The highest BCUT2D eigenvalue weighted by Crippen LogP contribution is 2.36. The summed E-state index contributed by atoms with van der Waals surface area (Å²) in [6.45, 7) is 1.95. The van der Waals surface area contributed by atoms with Gasteiger partial charge >= 0.3 is 6.18 Å². The van der Waals surface area contributed by atoms with Gasteiger partial charge in [-0.1, -0.05) is 103 Å². The highest BCUT2D eigenvalue weighted by molar-refractivity contribution is 6.10. The van der Waals surface area contributed by atoms with Crippen LogP contribution >= 0.6 is 0 Å². The number of nitrogens with zero attached hydrogens (tertiary/aromatic N) is 4. The number of alkyl halides is 3. The molecule has 0 bridgehead atoms. The van der Waals surface area contributed by atoms with Crippen LogP contribution in [0.15, 0.2) is 162 Å². The van der Waals surface area contributed by atoms with Crippen LogP contribution in [0.3, 0.4) is 0 Å². The quantitative estimate of drug-likeness (QED) is 0.171. The van der Waals surface area contributed by atoms with Crippen molar-refractivity contribution in [3.8, 4) is 39.6 Å². The van der Waals surface area contributed by atoms with E-state index in [1.807, 2.05) is 145 Å². The van der Waals surface area contributed by atoms with Crippen LogP contribution in [-0.2, 0) is 6.18 Å². The Morgan fingerprint density at radius 3 is 1.84 bits per heavy atom. The van der Waals surface area contributed by atoms with Crippen LogP contribution in [-0.4, -0.2) is 19.5 Å². The SMILES string of the molecule is C/C=C\C=c1\oc2ccc(-c3ccc4c(c3)c3ccccc3n4-c3ccc(C(F)(F)F)cc3)cc2c1=Cc1nc(-c2ccccc2)nc(-c2ccccc2)n1. The molecule has 0 radical (unpaired) electrons. The van der Waals surface area contributed by atoms with Crippen molar-refractivity contribution in [3.05, 3.63) is 180 Å². The van der Waals surface area contributed by atoms with E-state index >= 15 is 0 Å². The highest BCUT2D eigenvalue weighted by Gasteiger charge is 2.30. The van der Waals surface area contributed by atoms with E-state index in [1.165, 1.54) is 12.1 Å². The number of hydrogen-bond acceptors (Lipinski definition) is 4. The zero-order valence-corrected chi connectivity index (χ0v) is 29.5. The smallest absolute Gasteiger partial charge is 0.416 e. The zero-order chi connectivity index (χ0) is 37.5. The number of hydrogen-bond donors (Lipinski definition) is 0. The molecule has 5 nitrogen and oxygen atoms in total. The van der Waals surface area contributed by atoms with Gasteiger partial charge in [-0.2, -0.15) is 13.2 Å². The number of allylic oxidation sites excluding steroid dienone is 2. The van der Waals surface area contributed by atoms with Gasteiger partial charge < -0.3 is 8.98 Å². The largest absolute Gasteiger partial charge is 0.456 e. The Kier molecular flexibility index (Phi) is 8.43. The number of rotatable bonds is 6. The van der Waals surface area contributed by atoms with Crippen LogP contribution in [0.25, 0.3) is 84.5 Å². The number of fused-ring (bicyclic) bond motifs is 4. The van der Waals surface area contributed by atoms with Crippen LogP contribution < -0.4 is 10.6 Å². The maximum Gasteiger partial charge on any atom is 0.416 e. The Bertz CT molecular complexity index is 2960. The van der Waals surface area contributed by atoms with Gasteiger partial charge in [0, 0.05) is 38.2 Å². The molecule has 8 heteroatoms. The monoisotopic (exact) mass is 724 g/mol. The predicted molar refractivity (Wildman–Crippen MR) is 214 cm³/mol. The second-order valence-electron chi connectivity index (χ2n) is 13.1. The molecule has 9 aromatic rings. The molecule has 3 aromatic heterocycles. The normalized spacial score (nSPS) is 12.9. The lowest BCUT2D eigenvalue weighted by Crippen LogP contribution is -2.20. The Morgan fingerprint density at radius 2 is 1.18 bits per heavy atom. The fourth-order valence-corrected chi connectivity index (χ4v) is 7.02. The topological polar surface area (TPSA) is 56.7 Å². The van der Waals surface area contributed by atoms with Gasteiger partial charge in [0.25, 0.3) is 0 Å². The van der Waals surface area contributed by atoms with Gasteiger partial charge in [0.05, 0.1) is 16.6 Å². The summed E-state index contributed by atoms with van der Waals surface area (Å²) >= 11 is 0. The molecular formula is C47H31F3N4O. The Morgan fingerprint density at radius 1 is 0.582 bits per heavy atom. The maximum atomic E-state index is 13.4. The summed E-state index contributed by atoms with van der Waals surface area (Å²) in [5.41, 5.74) is 6.87. The number of aromatic nitrogens is 4. The van der Waals surface area contributed by atoms with Gasteiger partial charge in [0.2, 0.25) is 0 Å². The standard InChI is InChI=1S/C47H31F3N4O/c1-2-3-18-42-39(29-44-51-45(30-12-6-4-7-13-30)53-46(52-44)31-14-8-5-9-15-31)38-28-33(20-26-43(38)55-42)32-19-25-41-37(27-32)36-16-10-11-17-40(36)54(41)35-23-21-34(22-24-35)47(48,49)50/h2-29H,1H3/b3-2-,39-29?,42-18+. The molecule has 0 fully saturated rings. The molecule has 0 unspecified atom stereocenters. The van der Waals surface area contributed by atoms with Gasteiger partial charge in [-0.3, -0.25) is 0 Å². The van der Waals surface area contributed by atoms with Gasteiger partial charge in [0.1, 0.15) is 11.0 Å². The fourth-order valence-electron chi connectivity index (χ4n) is 7.02. The molecule has 55 heavy (non-hydrogen) atoms. The van der Waals surface area contributed by atoms with Crippen molar-refractivity contribution in [1.29, 1.82) is 0 Å². The first-order valence-corrected chi connectivity index (χ1v) is 17.8. The van der Waals surface area contributed by atoms with Crippen LogP contribution in [0.1, 0.15) is 18.3 Å². The van der Waals surface area contributed by atoms with E-state index in [0.717, 1.165) is 66.8 Å². The van der Waals surface area contributed by atoms with E-state index in [4.69, 9.17) is 19.4 Å². The summed E-state index contributed by atoms with van der Waals surface area (Å²) in [5, 5.41) is 3.71. The molecular weight excluding hydrogens is 694 g/mol. The molecule has 266 valence electrons. The third kappa shape index (κ3) is 6.38. The maximum absolute atomic E-state index is 13.4. The van der Waals surface area contributed by atoms with Crippen molar-refractivity contribution in [1.82, 2.24) is 19.5 Å². The number of halogens is 3. The summed E-state index contributed by atoms with van der Waals surface area (Å²) in [5.74, 6) is 1.63. The minimum absolute atomic E-state index is 0.494. The van der Waals surface area contributed by atoms with Crippen molar-refractivity contribution in [2.75, 3.05) is 0 Å². The highest BCUT2D eigenvalue weighted by atomic mass is 19.4. The van der Waals surface area contributed by atoms with Gasteiger partial charge in [-0.25, -0.2) is 15.0 Å². The molecule has 0 aliphatic carbocycles. The van der Waals surface area contributed by atoms with Crippen molar-refractivity contribution in [2.24, 2.45) is 0 Å². The molecule has 0 N–H and O–H groups in total. The third-order valence-corrected chi connectivity index (χ3v) is 9.64. The van der Waals surface area contributed by atoms with Crippen LogP contribution in [0, 0.1) is 0 Å². The van der Waals surface area contributed by atoms with Crippen molar-refractivity contribution in [2.45, 2.75) is 13.1 Å². The predicted octanol–water partition coefficient (Wildman–Crippen LogP) is 10.9. The van der Waals surface area contributed by atoms with Crippen LogP contribution in [0.2, 0.25) is 0 Å².